The van der Waals surface area contributed by atoms with Crippen LogP contribution in [0.1, 0.15) is 31.1 Å². The van der Waals surface area contributed by atoms with E-state index in [9.17, 15) is 9.18 Å². The maximum absolute atomic E-state index is 13.4. The van der Waals surface area contributed by atoms with Crippen molar-refractivity contribution in [2.24, 2.45) is 0 Å². The molecule has 134 valence electrons. The molecule has 4 rings (SSSR count). The molecular formula is C18H23FN4O2. The maximum atomic E-state index is 13.4. The van der Waals surface area contributed by atoms with Crippen molar-refractivity contribution >= 4 is 16.9 Å². The number of carbonyl (C=O) groups excluding carboxylic acids is 1. The van der Waals surface area contributed by atoms with Gasteiger partial charge in [-0.25, -0.2) is 9.37 Å². The van der Waals surface area contributed by atoms with Gasteiger partial charge >= 0.3 is 0 Å². The summed E-state index contributed by atoms with van der Waals surface area (Å²) in [7, 11) is 0. The number of rotatable bonds is 3. The Kier molecular flexibility index (Phi) is 4.67. The Morgan fingerprint density at radius 1 is 1.28 bits per heavy atom. The minimum Gasteiger partial charge on any atom is -0.378 e. The molecule has 0 radical (unpaired) electrons. The van der Waals surface area contributed by atoms with Gasteiger partial charge in [0.1, 0.15) is 11.6 Å². The normalized spacial score (nSPS) is 22.4. The van der Waals surface area contributed by atoms with E-state index in [-0.39, 0.29) is 17.8 Å². The molecule has 1 aromatic carbocycles. The van der Waals surface area contributed by atoms with Gasteiger partial charge < -0.3 is 14.6 Å². The quantitative estimate of drug-likeness (QED) is 0.924. The van der Waals surface area contributed by atoms with Crippen LogP contribution in [-0.4, -0.2) is 65.1 Å². The number of morpholine rings is 1. The molecule has 1 N–H and O–H groups in total. The Morgan fingerprint density at radius 3 is 2.96 bits per heavy atom. The number of nitrogens with zero attached hydrogens (tertiary/aromatic N) is 3. The lowest BCUT2D eigenvalue weighted by atomic mass is 10.0. The average Bonchev–Trinajstić information content (AvgIpc) is 3.06. The largest absolute Gasteiger partial charge is 0.378 e. The number of carbonyl (C=O) groups is 1. The topological polar surface area (TPSA) is 61.5 Å². The Bertz CT molecular complexity index is 757. The molecule has 2 aliphatic heterocycles. The second kappa shape index (κ2) is 7.09. The average molecular weight is 346 g/mol. The Morgan fingerprint density at radius 2 is 2.12 bits per heavy atom. The van der Waals surface area contributed by atoms with E-state index in [1.54, 1.807) is 6.07 Å². The number of fused-ring (bicyclic) bond motifs is 1. The summed E-state index contributed by atoms with van der Waals surface area (Å²) < 4.78 is 18.7. The summed E-state index contributed by atoms with van der Waals surface area (Å²) in [4.78, 5) is 24.6. The van der Waals surface area contributed by atoms with E-state index in [2.05, 4.69) is 14.9 Å². The van der Waals surface area contributed by atoms with Crippen molar-refractivity contribution in [1.29, 1.82) is 0 Å². The lowest BCUT2D eigenvalue weighted by Crippen LogP contribution is -2.47. The number of piperidine rings is 1. The summed E-state index contributed by atoms with van der Waals surface area (Å²) in [5.41, 5.74) is 1.47. The molecule has 1 atom stereocenters. The molecule has 0 spiro atoms. The van der Waals surface area contributed by atoms with Crippen molar-refractivity contribution in [2.75, 3.05) is 39.4 Å². The first-order valence-electron chi connectivity index (χ1n) is 8.95. The molecule has 7 heteroatoms. The van der Waals surface area contributed by atoms with E-state index >= 15 is 0 Å². The van der Waals surface area contributed by atoms with Crippen LogP contribution >= 0.6 is 0 Å². The van der Waals surface area contributed by atoms with Gasteiger partial charge in [0.15, 0.2) is 0 Å². The first-order chi connectivity index (χ1) is 12.2. The van der Waals surface area contributed by atoms with Crippen molar-refractivity contribution in [3.05, 3.63) is 29.8 Å². The third-order valence-electron chi connectivity index (χ3n) is 5.09. The number of imidazole rings is 1. The number of hydrogen-bond acceptors (Lipinski definition) is 4. The van der Waals surface area contributed by atoms with E-state index in [0.717, 1.165) is 37.1 Å². The summed E-state index contributed by atoms with van der Waals surface area (Å²) in [6.45, 7) is 3.85. The summed E-state index contributed by atoms with van der Waals surface area (Å²) in [5, 5.41) is 0. The number of halogens is 1. The zero-order valence-corrected chi connectivity index (χ0v) is 14.2. The Hall–Kier alpha value is -1.99. The first kappa shape index (κ1) is 16.5. The molecule has 2 aliphatic rings. The first-order valence-corrected chi connectivity index (χ1v) is 8.95. The van der Waals surface area contributed by atoms with Crippen LogP contribution in [0.2, 0.25) is 0 Å². The summed E-state index contributed by atoms with van der Waals surface area (Å²) in [5.74, 6) is 0.707. The van der Waals surface area contributed by atoms with Crippen LogP contribution in [0.4, 0.5) is 4.39 Å². The molecule has 0 aliphatic carbocycles. The molecule has 6 nitrogen and oxygen atoms in total. The molecule has 0 unspecified atom stereocenters. The van der Waals surface area contributed by atoms with Gasteiger partial charge in [0.2, 0.25) is 5.91 Å². The van der Waals surface area contributed by atoms with Gasteiger partial charge in [-0.15, -0.1) is 0 Å². The van der Waals surface area contributed by atoms with Crippen molar-refractivity contribution < 1.29 is 13.9 Å². The molecule has 2 fully saturated rings. The van der Waals surface area contributed by atoms with Gasteiger partial charge in [0, 0.05) is 13.1 Å². The van der Waals surface area contributed by atoms with Crippen LogP contribution in [0.5, 0.6) is 0 Å². The van der Waals surface area contributed by atoms with Crippen molar-refractivity contribution in [3.8, 4) is 0 Å². The highest BCUT2D eigenvalue weighted by molar-refractivity contribution is 5.78. The SMILES string of the molecule is O=C(CN1CCCC[C@@H]1c1nc2ccc(F)cc2[nH]1)N1CCOCC1. The van der Waals surface area contributed by atoms with Crippen LogP contribution in [0.3, 0.4) is 0 Å². The number of nitrogens with one attached hydrogen (secondary N) is 1. The second-order valence-electron chi connectivity index (χ2n) is 6.76. The zero-order chi connectivity index (χ0) is 17.2. The molecule has 0 bridgehead atoms. The molecule has 1 amide bonds. The van der Waals surface area contributed by atoms with E-state index in [0.29, 0.717) is 38.4 Å². The standard InChI is InChI=1S/C18H23FN4O2/c19-13-4-5-14-15(11-13)21-18(20-14)16-3-1-2-6-23(16)12-17(24)22-7-9-25-10-8-22/h4-5,11,16H,1-3,6-10,12H2,(H,20,21)/t16-/m1/s1. The number of ether oxygens (including phenoxy) is 1. The molecule has 2 aromatic rings. The lowest BCUT2D eigenvalue weighted by molar-refractivity contribution is -0.137. The number of aromatic amines is 1. The van der Waals surface area contributed by atoms with Crippen LogP contribution in [0.15, 0.2) is 18.2 Å². The number of benzene rings is 1. The minimum absolute atomic E-state index is 0.0780. The molecular weight excluding hydrogens is 323 g/mol. The van der Waals surface area contributed by atoms with Crippen LogP contribution in [0, 0.1) is 5.82 Å². The van der Waals surface area contributed by atoms with Gasteiger partial charge in [-0.05, 0) is 37.6 Å². The van der Waals surface area contributed by atoms with Crippen LogP contribution in [0.25, 0.3) is 11.0 Å². The third-order valence-corrected chi connectivity index (χ3v) is 5.09. The molecule has 1 aromatic heterocycles. The smallest absolute Gasteiger partial charge is 0.236 e. The van der Waals surface area contributed by atoms with Gasteiger partial charge in [0.25, 0.3) is 0 Å². The monoisotopic (exact) mass is 346 g/mol. The minimum atomic E-state index is -0.273. The van der Waals surface area contributed by atoms with Crippen LogP contribution in [-0.2, 0) is 9.53 Å². The fourth-order valence-electron chi connectivity index (χ4n) is 3.74. The number of aromatic nitrogens is 2. The van der Waals surface area contributed by atoms with Crippen molar-refractivity contribution in [2.45, 2.75) is 25.3 Å². The third kappa shape index (κ3) is 3.52. The highest BCUT2D eigenvalue weighted by Gasteiger charge is 2.29. The lowest BCUT2D eigenvalue weighted by Gasteiger charge is -2.36. The van der Waals surface area contributed by atoms with E-state index in [1.807, 2.05) is 4.90 Å². The van der Waals surface area contributed by atoms with Crippen LogP contribution < -0.4 is 0 Å². The number of hydrogen-bond donors (Lipinski definition) is 1. The van der Waals surface area contributed by atoms with E-state index in [1.165, 1.54) is 12.1 Å². The molecule has 3 heterocycles. The molecule has 2 saturated heterocycles. The van der Waals surface area contributed by atoms with Gasteiger partial charge in [0.05, 0.1) is 36.8 Å². The highest BCUT2D eigenvalue weighted by Crippen LogP contribution is 2.30. The Balaban J connectivity index is 1.52. The van der Waals surface area contributed by atoms with Crippen molar-refractivity contribution in [1.82, 2.24) is 19.8 Å². The van der Waals surface area contributed by atoms with Gasteiger partial charge in [-0.1, -0.05) is 6.42 Å². The molecule has 25 heavy (non-hydrogen) atoms. The fraction of sp³-hybridized carbons (Fsp3) is 0.556. The molecule has 0 saturated carbocycles. The number of amides is 1. The number of H-pyrrole nitrogens is 1. The maximum Gasteiger partial charge on any atom is 0.236 e. The summed E-state index contributed by atoms with van der Waals surface area (Å²) >= 11 is 0. The zero-order valence-electron chi connectivity index (χ0n) is 14.2. The fourth-order valence-corrected chi connectivity index (χ4v) is 3.74. The van der Waals surface area contributed by atoms with Gasteiger partial charge in [-0.3, -0.25) is 9.69 Å². The van der Waals surface area contributed by atoms with Gasteiger partial charge in [-0.2, -0.15) is 0 Å². The predicted octanol–water partition coefficient (Wildman–Crippen LogP) is 2.09. The summed E-state index contributed by atoms with van der Waals surface area (Å²) in [6.07, 6.45) is 3.15. The van der Waals surface area contributed by atoms with E-state index < -0.39 is 0 Å². The second-order valence-corrected chi connectivity index (χ2v) is 6.76. The predicted molar refractivity (Wildman–Crippen MR) is 91.6 cm³/mol. The van der Waals surface area contributed by atoms with Crippen molar-refractivity contribution in [3.63, 3.8) is 0 Å². The highest BCUT2D eigenvalue weighted by atomic mass is 19.1. The Labute approximate surface area is 146 Å². The van der Waals surface area contributed by atoms with E-state index in [4.69, 9.17) is 4.74 Å². The number of likely N-dealkylation sites (tertiary alicyclic amines) is 1. The summed E-state index contributed by atoms with van der Waals surface area (Å²) in [6, 6.07) is 4.66.